The van der Waals surface area contributed by atoms with Crippen molar-refractivity contribution in [3.05, 3.63) is 0 Å². The largest absolute Gasteiger partial charge is 0.393 e. The van der Waals surface area contributed by atoms with Gasteiger partial charge in [-0.15, -0.1) is 0 Å². The summed E-state index contributed by atoms with van der Waals surface area (Å²) in [5, 5.41) is 5.09. The third-order valence-corrected chi connectivity index (χ3v) is 2.37. The van der Waals surface area contributed by atoms with Crippen LogP contribution in [0.1, 0.15) is 6.92 Å². The van der Waals surface area contributed by atoms with E-state index >= 15 is 0 Å². The normalized spacial score (nSPS) is 27.7. The lowest BCUT2D eigenvalue weighted by molar-refractivity contribution is -0.179. The molecule has 1 rings (SSSR count). The second-order valence-electron chi connectivity index (χ2n) is 3.50. The van der Waals surface area contributed by atoms with E-state index in [0.29, 0.717) is 6.54 Å². The van der Waals surface area contributed by atoms with E-state index in [0.717, 1.165) is 0 Å². The first kappa shape index (κ1) is 11.3. The lowest BCUT2D eigenvalue weighted by Gasteiger charge is -2.21. The molecule has 2 atom stereocenters. The highest BCUT2D eigenvalue weighted by Crippen LogP contribution is 2.33. The van der Waals surface area contributed by atoms with E-state index in [2.05, 4.69) is 10.6 Å². The van der Waals surface area contributed by atoms with Crippen LogP contribution in [0.2, 0.25) is 0 Å². The fourth-order valence-electron chi connectivity index (χ4n) is 1.61. The molecule has 1 heterocycles. The van der Waals surface area contributed by atoms with Crippen LogP contribution in [0.25, 0.3) is 0 Å². The van der Waals surface area contributed by atoms with Crippen molar-refractivity contribution in [2.45, 2.75) is 13.1 Å². The maximum Gasteiger partial charge on any atom is 0.393 e. The average Bonchev–Trinajstić information content (AvgIpc) is 2.46. The molecule has 1 aliphatic rings. The average molecular weight is 210 g/mol. The van der Waals surface area contributed by atoms with Gasteiger partial charge in [-0.05, 0) is 0 Å². The van der Waals surface area contributed by atoms with Gasteiger partial charge in [-0.25, -0.2) is 0 Å². The van der Waals surface area contributed by atoms with E-state index in [4.69, 9.17) is 0 Å². The minimum atomic E-state index is -4.17. The molecule has 0 unspecified atom stereocenters. The molecule has 3 nitrogen and oxygen atoms in total. The van der Waals surface area contributed by atoms with Crippen LogP contribution in [0.5, 0.6) is 0 Å². The van der Waals surface area contributed by atoms with Crippen molar-refractivity contribution >= 4 is 5.91 Å². The second-order valence-corrected chi connectivity index (χ2v) is 3.50. The molecule has 0 aromatic carbocycles. The molecule has 1 amide bonds. The van der Waals surface area contributed by atoms with Crippen molar-refractivity contribution in [2.75, 3.05) is 19.6 Å². The van der Waals surface area contributed by atoms with Crippen LogP contribution < -0.4 is 10.6 Å². The number of nitrogens with one attached hydrogen (secondary N) is 2. The maximum absolute atomic E-state index is 12.4. The van der Waals surface area contributed by atoms with Crippen LogP contribution >= 0.6 is 0 Å². The number of carbonyl (C=O) groups excluding carboxylic acids is 1. The monoisotopic (exact) mass is 210 g/mol. The zero-order chi connectivity index (χ0) is 10.8. The lowest BCUT2D eigenvalue weighted by Crippen LogP contribution is -2.36. The van der Waals surface area contributed by atoms with E-state index < -0.39 is 18.0 Å². The molecular weight excluding hydrogens is 197 g/mol. The van der Waals surface area contributed by atoms with Crippen LogP contribution in [0.4, 0.5) is 13.2 Å². The Morgan fingerprint density at radius 2 is 2.14 bits per heavy atom. The van der Waals surface area contributed by atoms with Gasteiger partial charge in [-0.2, -0.15) is 13.2 Å². The molecule has 82 valence electrons. The SMILES string of the molecule is CC(=O)NC[C@@H]1CNC[C@H]1C(F)(F)F. The van der Waals surface area contributed by atoms with Gasteiger partial charge in [0.25, 0.3) is 0 Å². The molecule has 2 N–H and O–H groups in total. The van der Waals surface area contributed by atoms with E-state index in [1.54, 1.807) is 0 Å². The first-order valence-electron chi connectivity index (χ1n) is 4.43. The zero-order valence-electron chi connectivity index (χ0n) is 7.82. The van der Waals surface area contributed by atoms with Gasteiger partial charge in [0.1, 0.15) is 0 Å². The molecule has 0 bridgehead atoms. The van der Waals surface area contributed by atoms with Gasteiger partial charge in [0.05, 0.1) is 5.92 Å². The maximum atomic E-state index is 12.4. The Hall–Kier alpha value is -0.780. The van der Waals surface area contributed by atoms with Crippen molar-refractivity contribution in [1.82, 2.24) is 10.6 Å². The van der Waals surface area contributed by atoms with Gasteiger partial charge < -0.3 is 10.6 Å². The Morgan fingerprint density at radius 1 is 1.50 bits per heavy atom. The summed E-state index contributed by atoms with van der Waals surface area (Å²) in [7, 11) is 0. The van der Waals surface area contributed by atoms with Crippen LogP contribution in [-0.4, -0.2) is 31.7 Å². The predicted octanol–water partition coefficient (Wildman–Crippen LogP) is 0.520. The Balaban J connectivity index is 2.47. The number of rotatable bonds is 2. The molecule has 6 heteroatoms. The fraction of sp³-hybridized carbons (Fsp3) is 0.875. The molecule has 0 aromatic rings. The smallest absolute Gasteiger partial charge is 0.356 e. The summed E-state index contributed by atoms with van der Waals surface area (Å²) in [4.78, 5) is 10.5. The number of halogens is 3. The van der Waals surface area contributed by atoms with Crippen LogP contribution in [0.15, 0.2) is 0 Å². The molecule has 1 fully saturated rings. The Labute approximate surface area is 80.0 Å². The summed E-state index contributed by atoms with van der Waals surface area (Å²) >= 11 is 0. The summed E-state index contributed by atoms with van der Waals surface area (Å²) < 4.78 is 37.1. The molecule has 14 heavy (non-hydrogen) atoms. The molecular formula is C8H13F3N2O. The minimum absolute atomic E-state index is 0.0479. The number of carbonyl (C=O) groups is 1. The highest BCUT2D eigenvalue weighted by atomic mass is 19.4. The third-order valence-electron chi connectivity index (χ3n) is 2.37. The first-order valence-corrected chi connectivity index (χ1v) is 4.43. The van der Waals surface area contributed by atoms with Crippen LogP contribution in [-0.2, 0) is 4.79 Å². The second kappa shape index (κ2) is 4.16. The molecule has 0 radical (unpaired) electrons. The van der Waals surface area contributed by atoms with E-state index in [-0.39, 0.29) is 19.0 Å². The summed E-state index contributed by atoms with van der Waals surface area (Å²) in [6.45, 7) is 1.65. The number of hydrogen-bond acceptors (Lipinski definition) is 2. The van der Waals surface area contributed by atoms with Gasteiger partial charge in [-0.1, -0.05) is 0 Å². The van der Waals surface area contributed by atoms with Gasteiger partial charge >= 0.3 is 6.18 Å². The topological polar surface area (TPSA) is 41.1 Å². The number of amides is 1. The van der Waals surface area contributed by atoms with E-state index in [1.165, 1.54) is 6.92 Å². The van der Waals surface area contributed by atoms with Gasteiger partial charge in [0, 0.05) is 32.5 Å². The van der Waals surface area contributed by atoms with Gasteiger partial charge in [-0.3, -0.25) is 4.79 Å². The summed E-state index contributed by atoms with van der Waals surface area (Å²) in [6.07, 6.45) is -4.17. The van der Waals surface area contributed by atoms with Crippen molar-refractivity contribution in [3.63, 3.8) is 0 Å². The summed E-state index contributed by atoms with van der Waals surface area (Å²) in [5.41, 5.74) is 0. The predicted molar refractivity (Wildman–Crippen MR) is 44.6 cm³/mol. The van der Waals surface area contributed by atoms with Crippen molar-refractivity contribution in [2.24, 2.45) is 11.8 Å². The Bertz CT molecular complexity index is 217. The first-order chi connectivity index (χ1) is 6.41. The molecule has 1 aliphatic heterocycles. The van der Waals surface area contributed by atoms with E-state index in [1.807, 2.05) is 0 Å². The standard InChI is InChI=1S/C8H13F3N2O/c1-5(14)13-3-6-2-12-4-7(6)8(9,10)11/h6-7,12H,2-4H2,1H3,(H,13,14)/t6-,7+/m0/s1. The molecule has 1 saturated heterocycles. The molecule has 0 spiro atoms. The summed E-state index contributed by atoms with van der Waals surface area (Å²) in [5.74, 6) is -2.17. The molecule has 0 saturated carbocycles. The number of hydrogen-bond donors (Lipinski definition) is 2. The Kier molecular flexibility index (Phi) is 3.36. The fourth-order valence-corrected chi connectivity index (χ4v) is 1.61. The van der Waals surface area contributed by atoms with Gasteiger partial charge in [0.2, 0.25) is 5.91 Å². The van der Waals surface area contributed by atoms with Crippen LogP contribution in [0, 0.1) is 11.8 Å². The molecule has 0 aliphatic carbocycles. The van der Waals surface area contributed by atoms with Gasteiger partial charge in [0.15, 0.2) is 0 Å². The minimum Gasteiger partial charge on any atom is -0.356 e. The van der Waals surface area contributed by atoms with Crippen molar-refractivity contribution < 1.29 is 18.0 Å². The lowest BCUT2D eigenvalue weighted by atomic mass is 9.95. The molecule has 0 aromatic heterocycles. The zero-order valence-corrected chi connectivity index (χ0v) is 7.82. The number of alkyl halides is 3. The van der Waals surface area contributed by atoms with Crippen molar-refractivity contribution in [1.29, 1.82) is 0 Å². The van der Waals surface area contributed by atoms with Crippen molar-refractivity contribution in [3.8, 4) is 0 Å². The highest BCUT2D eigenvalue weighted by Gasteiger charge is 2.46. The quantitative estimate of drug-likeness (QED) is 0.697. The summed E-state index contributed by atoms with van der Waals surface area (Å²) in [6, 6.07) is 0. The van der Waals surface area contributed by atoms with Crippen LogP contribution in [0.3, 0.4) is 0 Å². The third kappa shape index (κ3) is 2.87. The Morgan fingerprint density at radius 3 is 2.64 bits per heavy atom. The van der Waals surface area contributed by atoms with E-state index in [9.17, 15) is 18.0 Å². The highest BCUT2D eigenvalue weighted by molar-refractivity contribution is 5.72.